The molecule has 184 valence electrons. The summed E-state index contributed by atoms with van der Waals surface area (Å²) >= 11 is 9.69. The first-order valence-electron chi connectivity index (χ1n) is 11.4. The number of fused-ring (bicyclic) bond motifs is 5. The number of anilines is 2. The third kappa shape index (κ3) is 3.60. The van der Waals surface area contributed by atoms with Gasteiger partial charge in [0.05, 0.1) is 28.5 Å². The number of non-ortho nitro benzene ring substituents is 1. The number of imide groups is 1. The quantitative estimate of drug-likeness (QED) is 0.181. The summed E-state index contributed by atoms with van der Waals surface area (Å²) in [5.41, 5.74) is 2.02. The van der Waals surface area contributed by atoms with E-state index in [4.69, 9.17) is 11.6 Å². The van der Waals surface area contributed by atoms with E-state index >= 15 is 0 Å². The van der Waals surface area contributed by atoms with Gasteiger partial charge in [0.25, 0.3) is 5.69 Å². The highest BCUT2D eigenvalue weighted by molar-refractivity contribution is 9.10. The molecule has 0 saturated carbocycles. The molecule has 0 aliphatic carbocycles. The third-order valence-electron chi connectivity index (χ3n) is 7.19. The lowest BCUT2D eigenvalue weighted by atomic mass is 9.86. The minimum Gasteiger partial charge on any atom is -0.352 e. The van der Waals surface area contributed by atoms with E-state index in [1.807, 2.05) is 23.1 Å². The van der Waals surface area contributed by atoms with Crippen molar-refractivity contribution in [3.8, 4) is 0 Å². The summed E-state index contributed by atoms with van der Waals surface area (Å²) in [6.07, 6.45) is 3.73. The van der Waals surface area contributed by atoms with Crippen LogP contribution in [0.5, 0.6) is 0 Å². The molecule has 37 heavy (non-hydrogen) atoms. The van der Waals surface area contributed by atoms with Gasteiger partial charge < -0.3 is 4.90 Å². The first-order valence-corrected chi connectivity index (χ1v) is 12.6. The molecule has 2 saturated heterocycles. The molecule has 8 nitrogen and oxygen atoms in total. The largest absolute Gasteiger partial charge is 0.352 e. The first kappa shape index (κ1) is 23.6. The molecule has 2 amide bonds. The maximum Gasteiger partial charge on any atom is 0.269 e. The molecule has 0 radical (unpaired) electrons. The molecular weight excluding hydrogens is 562 g/mol. The van der Waals surface area contributed by atoms with Gasteiger partial charge in [-0.3, -0.25) is 24.5 Å². The zero-order chi connectivity index (χ0) is 26.0. The second-order valence-electron chi connectivity index (χ2n) is 9.11. The van der Waals surface area contributed by atoms with Gasteiger partial charge in [-0.2, -0.15) is 0 Å². The number of carbonyl (C=O) groups is 3. The predicted octanol–water partition coefficient (Wildman–Crippen LogP) is 5.28. The van der Waals surface area contributed by atoms with E-state index in [2.05, 4.69) is 15.9 Å². The van der Waals surface area contributed by atoms with Crippen molar-refractivity contribution >= 4 is 68.3 Å². The van der Waals surface area contributed by atoms with Crippen LogP contribution in [-0.4, -0.2) is 34.6 Å². The van der Waals surface area contributed by atoms with E-state index in [0.717, 1.165) is 14.9 Å². The average Bonchev–Trinajstić information content (AvgIpc) is 3.36. The number of nitro groups is 1. The van der Waals surface area contributed by atoms with Crippen molar-refractivity contribution in [3.63, 3.8) is 0 Å². The van der Waals surface area contributed by atoms with Crippen molar-refractivity contribution in [1.29, 1.82) is 0 Å². The SMILES string of the molecule is O=C(c1ccc(Br)cc1)[C@H]1[C@@H]2C(=O)N(c3ccc([N+](=O)[O-])cc3)C(=O)[C@@H]2[C@H]2C=Cc3ccc(Cl)cc3N21. The summed E-state index contributed by atoms with van der Waals surface area (Å²) in [6.45, 7) is 0. The van der Waals surface area contributed by atoms with Crippen molar-refractivity contribution in [2.75, 3.05) is 9.80 Å². The highest BCUT2D eigenvalue weighted by Gasteiger charge is 2.64. The number of Topliss-reactive ketones (excluding diaryl/α,β-unsaturated/α-hetero) is 1. The van der Waals surface area contributed by atoms with Gasteiger partial charge in [-0.1, -0.05) is 57.9 Å². The zero-order valence-corrected chi connectivity index (χ0v) is 21.3. The van der Waals surface area contributed by atoms with Crippen LogP contribution < -0.4 is 9.80 Å². The van der Waals surface area contributed by atoms with Gasteiger partial charge in [0.1, 0.15) is 6.04 Å². The van der Waals surface area contributed by atoms with Gasteiger partial charge >= 0.3 is 0 Å². The summed E-state index contributed by atoms with van der Waals surface area (Å²) in [4.78, 5) is 55.1. The highest BCUT2D eigenvalue weighted by Crippen LogP contribution is 2.50. The molecule has 3 heterocycles. The lowest BCUT2D eigenvalue weighted by molar-refractivity contribution is -0.384. The monoisotopic (exact) mass is 577 g/mol. The lowest BCUT2D eigenvalue weighted by Gasteiger charge is -2.36. The van der Waals surface area contributed by atoms with Gasteiger partial charge in [0, 0.05) is 32.9 Å². The van der Waals surface area contributed by atoms with E-state index in [-0.39, 0.29) is 17.2 Å². The number of benzene rings is 3. The molecule has 3 aliphatic heterocycles. The van der Waals surface area contributed by atoms with Crippen LogP contribution >= 0.6 is 27.5 Å². The Morgan fingerprint density at radius 1 is 0.946 bits per heavy atom. The molecule has 3 aliphatic rings. The number of hydrogen-bond acceptors (Lipinski definition) is 6. The number of carbonyl (C=O) groups excluding carboxylic acids is 3. The smallest absolute Gasteiger partial charge is 0.269 e. The second kappa shape index (κ2) is 8.64. The Labute approximate surface area is 224 Å². The van der Waals surface area contributed by atoms with E-state index in [1.165, 1.54) is 24.3 Å². The van der Waals surface area contributed by atoms with Gasteiger partial charge in [-0.05, 0) is 42.0 Å². The van der Waals surface area contributed by atoms with Crippen molar-refractivity contribution < 1.29 is 19.3 Å². The maximum atomic E-state index is 14.0. The van der Waals surface area contributed by atoms with Gasteiger partial charge in [0.2, 0.25) is 11.8 Å². The van der Waals surface area contributed by atoms with Crippen LogP contribution in [0.25, 0.3) is 6.08 Å². The Kier molecular flexibility index (Phi) is 5.50. The number of rotatable bonds is 4. The Bertz CT molecular complexity index is 1520. The topological polar surface area (TPSA) is 101 Å². The molecule has 0 bridgehead atoms. The van der Waals surface area contributed by atoms with Crippen molar-refractivity contribution in [2.45, 2.75) is 12.1 Å². The molecule has 10 heteroatoms. The molecule has 4 atom stereocenters. The first-order chi connectivity index (χ1) is 17.8. The summed E-state index contributed by atoms with van der Waals surface area (Å²) in [5, 5.41) is 11.5. The van der Waals surface area contributed by atoms with Crippen molar-refractivity contribution in [1.82, 2.24) is 0 Å². The number of hydrogen-bond donors (Lipinski definition) is 0. The summed E-state index contributed by atoms with van der Waals surface area (Å²) in [6, 6.07) is 16.0. The van der Waals surface area contributed by atoms with Crippen LogP contribution in [0.4, 0.5) is 17.1 Å². The van der Waals surface area contributed by atoms with Crippen molar-refractivity contribution in [2.24, 2.45) is 11.8 Å². The molecule has 0 aromatic heterocycles. The minimum atomic E-state index is -0.946. The average molecular weight is 579 g/mol. The molecule has 2 fully saturated rings. The zero-order valence-electron chi connectivity index (χ0n) is 19.0. The number of nitro benzene ring substituents is 1. The molecule has 0 spiro atoms. The van der Waals surface area contributed by atoms with Crippen LogP contribution in [0.1, 0.15) is 15.9 Å². The van der Waals surface area contributed by atoms with Crippen LogP contribution in [-0.2, 0) is 9.59 Å². The fraction of sp³-hybridized carbons (Fsp3) is 0.148. The van der Waals surface area contributed by atoms with Gasteiger partial charge in [-0.25, -0.2) is 4.90 Å². The van der Waals surface area contributed by atoms with Gasteiger partial charge in [0.15, 0.2) is 5.78 Å². The number of ketones is 1. The normalized spacial score (nSPS) is 23.6. The van der Waals surface area contributed by atoms with E-state index in [1.54, 1.807) is 36.4 Å². The van der Waals surface area contributed by atoms with E-state index in [0.29, 0.717) is 16.3 Å². The maximum absolute atomic E-state index is 14.0. The van der Waals surface area contributed by atoms with Crippen LogP contribution in [0, 0.1) is 22.0 Å². The number of amides is 2. The van der Waals surface area contributed by atoms with Crippen LogP contribution in [0.3, 0.4) is 0 Å². The van der Waals surface area contributed by atoms with Gasteiger partial charge in [-0.15, -0.1) is 0 Å². The molecule has 3 aromatic rings. The fourth-order valence-electron chi connectivity index (χ4n) is 5.59. The fourth-order valence-corrected chi connectivity index (χ4v) is 6.02. The lowest BCUT2D eigenvalue weighted by Crippen LogP contribution is -2.48. The molecule has 6 rings (SSSR count). The summed E-state index contributed by atoms with van der Waals surface area (Å²) in [7, 11) is 0. The Morgan fingerprint density at radius 2 is 1.62 bits per heavy atom. The molecule has 3 aromatic carbocycles. The predicted molar refractivity (Wildman–Crippen MR) is 142 cm³/mol. The third-order valence-corrected chi connectivity index (χ3v) is 7.95. The Balaban J connectivity index is 1.47. The highest BCUT2D eigenvalue weighted by atomic mass is 79.9. The van der Waals surface area contributed by atoms with Crippen LogP contribution in [0.15, 0.2) is 77.3 Å². The molecule has 0 unspecified atom stereocenters. The minimum absolute atomic E-state index is 0.152. The second-order valence-corrected chi connectivity index (χ2v) is 10.5. The Hall–Kier alpha value is -3.82. The number of nitrogens with zero attached hydrogens (tertiary/aromatic N) is 3. The Morgan fingerprint density at radius 3 is 2.30 bits per heavy atom. The summed E-state index contributed by atoms with van der Waals surface area (Å²) in [5.74, 6) is -2.99. The van der Waals surface area contributed by atoms with Crippen molar-refractivity contribution in [3.05, 3.63) is 104 Å². The standard InChI is InChI=1S/C27H17BrClN3O5/c28-16-5-1-15(2-6-16)25(33)24-23-22(20-12-4-14-3-7-17(29)13-21(14)31(20)24)26(34)30(27(23)35)18-8-10-19(11-9-18)32(36)37/h1-13,20,22-24H/t20-,22-,23-,24-/m1/s1. The summed E-state index contributed by atoms with van der Waals surface area (Å²) < 4.78 is 0.806. The van der Waals surface area contributed by atoms with E-state index in [9.17, 15) is 24.5 Å². The molecule has 0 N–H and O–H groups in total. The number of halogens is 2. The molecular formula is C27H17BrClN3O5. The van der Waals surface area contributed by atoms with E-state index < -0.39 is 40.7 Å². The van der Waals surface area contributed by atoms with Crippen LogP contribution in [0.2, 0.25) is 5.02 Å².